The van der Waals surface area contributed by atoms with E-state index in [2.05, 4.69) is 36.3 Å². The van der Waals surface area contributed by atoms with Crippen LogP contribution in [0.3, 0.4) is 0 Å². The molecule has 1 aromatic carbocycles. The highest BCUT2D eigenvalue weighted by Crippen LogP contribution is 2.21. The molecule has 0 aliphatic carbocycles. The predicted molar refractivity (Wildman–Crippen MR) is 112 cm³/mol. The van der Waals surface area contributed by atoms with Crippen LogP contribution in [-0.2, 0) is 22.5 Å². The molecule has 2 heterocycles. The van der Waals surface area contributed by atoms with Crippen LogP contribution in [0.1, 0.15) is 44.6 Å². The second-order valence-corrected chi connectivity index (χ2v) is 7.56. The van der Waals surface area contributed by atoms with Crippen LogP contribution < -0.4 is 5.32 Å². The maximum Gasteiger partial charge on any atom is 0.339 e. The topological polar surface area (TPSA) is 119 Å². The number of Topliss-reactive ketones (excluding diaryl/α,β-unsaturated/α-hetero) is 1. The quantitative estimate of drug-likeness (QED) is 0.402. The van der Waals surface area contributed by atoms with E-state index >= 15 is 0 Å². The van der Waals surface area contributed by atoms with E-state index in [4.69, 9.17) is 4.74 Å². The van der Waals surface area contributed by atoms with Gasteiger partial charge in [-0.2, -0.15) is 0 Å². The van der Waals surface area contributed by atoms with E-state index in [0.717, 1.165) is 10.0 Å². The minimum atomic E-state index is -0.615. The van der Waals surface area contributed by atoms with E-state index in [-0.39, 0.29) is 29.4 Å². The highest BCUT2D eigenvalue weighted by molar-refractivity contribution is 9.10. The average molecular weight is 474 g/mol. The van der Waals surface area contributed by atoms with Crippen LogP contribution in [0.15, 0.2) is 35.1 Å². The second-order valence-electron chi connectivity index (χ2n) is 6.64. The van der Waals surface area contributed by atoms with Crippen molar-refractivity contribution < 1.29 is 19.1 Å². The maximum atomic E-state index is 12.5. The van der Waals surface area contributed by atoms with Crippen molar-refractivity contribution in [1.29, 1.82) is 0 Å². The first-order chi connectivity index (χ1) is 14.3. The van der Waals surface area contributed by atoms with E-state index in [1.807, 2.05) is 24.3 Å². The first-order valence-electron chi connectivity index (χ1n) is 9.03. The summed E-state index contributed by atoms with van der Waals surface area (Å²) in [6.07, 6.45) is 1.35. The SMILES string of the molecule is COC(=O)c1c(CC(=O)Nc2ncn(Cc3ccc(Br)cc3)n2)[nH]c(C(C)=O)c1C. The Morgan fingerprint density at radius 3 is 2.57 bits per heavy atom. The molecule has 0 saturated carbocycles. The Hall–Kier alpha value is -3.27. The molecule has 156 valence electrons. The Kier molecular flexibility index (Phi) is 6.46. The Labute approximate surface area is 181 Å². The molecule has 0 bridgehead atoms. The molecule has 3 rings (SSSR count). The van der Waals surface area contributed by atoms with Crippen LogP contribution in [-0.4, -0.2) is 44.5 Å². The number of benzene rings is 1. The minimum Gasteiger partial charge on any atom is -0.465 e. The molecule has 1 amide bonds. The van der Waals surface area contributed by atoms with Crippen molar-refractivity contribution in [1.82, 2.24) is 19.7 Å². The third-order valence-electron chi connectivity index (χ3n) is 4.45. The lowest BCUT2D eigenvalue weighted by atomic mass is 10.1. The summed E-state index contributed by atoms with van der Waals surface area (Å²) in [7, 11) is 1.24. The number of nitrogens with zero attached hydrogens (tertiary/aromatic N) is 3. The van der Waals surface area contributed by atoms with Gasteiger partial charge in [0.1, 0.15) is 6.33 Å². The number of aromatic nitrogens is 4. The van der Waals surface area contributed by atoms with Crippen molar-refractivity contribution in [3.8, 4) is 0 Å². The summed E-state index contributed by atoms with van der Waals surface area (Å²) in [5, 5.41) is 6.84. The van der Waals surface area contributed by atoms with Gasteiger partial charge in [0, 0.05) is 17.1 Å². The van der Waals surface area contributed by atoms with E-state index < -0.39 is 11.9 Å². The number of esters is 1. The molecule has 0 atom stereocenters. The number of carbonyl (C=O) groups is 3. The van der Waals surface area contributed by atoms with Gasteiger partial charge in [-0.1, -0.05) is 28.1 Å². The summed E-state index contributed by atoms with van der Waals surface area (Å²) < 4.78 is 7.37. The fraction of sp³-hybridized carbons (Fsp3) is 0.250. The number of anilines is 1. The summed E-state index contributed by atoms with van der Waals surface area (Å²) >= 11 is 3.39. The lowest BCUT2D eigenvalue weighted by Crippen LogP contribution is -2.18. The number of rotatable bonds is 7. The molecule has 3 aromatic rings. The zero-order chi connectivity index (χ0) is 21.8. The van der Waals surface area contributed by atoms with Gasteiger partial charge in [-0.25, -0.2) is 14.5 Å². The zero-order valence-corrected chi connectivity index (χ0v) is 18.2. The number of hydrogen-bond donors (Lipinski definition) is 2. The van der Waals surface area contributed by atoms with E-state index in [9.17, 15) is 14.4 Å². The molecule has 2 aromatic heterocycles. The number of ether oxygens (including phenoxy) is 1. The molecule has 0 aliphatic rings. The Morgan fingerprint density at radius 2 is 1.93 bits per heavy atom. The smallest absolute Gasteiger partial charge is 0.339 e. The molecule has 0 fully saturated rings. The number of ketones is 1. The third kappa shape index (κ3) is 4.82. The number of amides is 1. The number of methoxy groups -OCH3 is 1. The number of halogens is 1. The van der Waals surface area contributed by atoms with E-state index in [1.165, 1.54) is 20.4 Å². The van der Waals surface area contributed by atoms with Crippen LogP contribution in [0.2, 0.25) is 0 Å². The van der Waals surface area contributed by atoms with Gasteiger partial charge in [-0.3, -0.25) is 14.9 Å². The van der Waals surface area contributed by atoms with Crippen LogP contribution in [0.5, 0.6) is 0 Å². The van der Waals surface area contributed by atoms with Crippen molar-refractivity contribution in [3.63, 3.8) is 0 Å². The summed E-state index contributed by atoms with van der Waals surface area (Å²) in [4.78, 5) is 43.3. The molecule has 0 aliphatic heterocycles. The summed E-state index contributed by atoms with van der Waals surface area (Å²) in [6, 6.07) is 7.78. The van der Waals surface area contributed by atoms with Crippen molar-refractivity contribution in [3.05, 3.63) is 63.1 Å². The van der Waals surface area contributed by atoms with Gasteiger partial charge in [-0.05, 0) is 30.2 Å². The lowest BCUT2D eigenvalue weighted by molar-refractivity contribution is -0.115. The van der Waals surface area contributed by atoms with Crippen molar-refractivity contribution >= 4 is 39.5 Å². The average Bonchev–Trinajstić information content (AvgIpc) is 3.26. The van der Waals surface area contributed by atoms with Gasteiger partial charge in [0.15, 0.2) is 5.78 Å². The summed E-state index contributed by atoms with van der Waals surface area (Å²) in [5.74, 6) is -1.14. The van der Waals surface area contributed by atoms with Crippen molar-refractivity contribution in [2.24, 2.45) is 0 Å². The number of aromatic amines is 1. The van der Waals surface area contributed by atoms with Crippen LogP contribution in [0, 0.1) is 6.92 Å². The Morgan fingerprint density at radius 1 is 1.23 bits per heavy atom. The fourth-order valence-corrected chi connectivity index (χ4v) is 3.32. The molecule has 2 N–H and O–H groups in total. The molecular weight excluding hydrogens is 454 g/mol. The molecule has 0 radical (unpaired) electrons. The normalized spacial score (nSPS) is 10.7. The van der Waals surface area contributed by atoms with Gasteiger partial charge in [-0.15, -0.1) is 5.10 Å². The number of carbonyl (C=O) groups excluding carboxylic acids is 3. The number of nitrogens with one attached hydrogen (secondary N) is 2. The Balaban J connectivity index is 1.71. The van der Waals surface area contributed by atoms with E-state index in [0.29, 0.717) is 17.8 Å². The minimum absolute atomic E-state index is 0.145. The Bertz CT molecular complexity index is 1100. The summed E-state index contributed by atoms with van der Waals surface area (Å²) in [5.41, 5.74) is 2.24. The first-order valence-corrected chi connectivity index (χ1v) is 9.82. The molecule has 30 heavy (non-hydrogen) atoms. The fourth-order valence-electron chi connectivity index (χ4n) is 3.06. The van der Waals surface area contributed by atoms with Crippen LogP contribution in [0.25, 0.3) is 0 Å². The van der Waals surface area contributed by atoms with Crippen LogP contribution >= 0.6 is 15.9 Å². The predicted octanol–water partition coefficient (Wildman–Crippen LogP) is 2.90. The second kappa shape index (κ2) is 9.04. The van der Waals surface area contributed by atoms with Gasteiger partial charge < -0.3 is 9.72 Å². The van der Waals surface area contributed by atoms with Gasteiger partial charge in [0.2, 0.25) is 11.9 Å². The highest BCUT2D eigenvalue weighted by atomic mass is 79.9. The maximum absolute atomic E-state index is 12.5. The molecule has 9 nitrogen and oxygen atoms in total. The first kappa shape index (κ1) is 21.4. The molecule has 0 unspecified atom stereocenters. The monoisotopic (exact) mass is 473 g/mol. The number of H-pyrrole nitrogens is 1. The standard InChI is InChI=1S/C20H20BrN5O4/c1-11-17(19(29)30-3)15(23-18(11)12(2)27)8-16(28)24-20-22-10-26(25-20)9-13-4-6-14(21)7-5-13/h4-7,10,23H,8-9H2,1-3H3,(H,24,25,28). The molecule has 10 heteroatoms. The summed E-state index contributed by atoms with van der Waals surface area (Å²) in [6.45, 7) is 3.51. The highest BCUT2D eigenvalue weighted by Gasteiger charge is 2.24. The lowest BCUT2D eigenvalue weighted by Gasteiger charge is -2.04. The van der Waals surface area contributed by atoms with Crippen molar-refractivity contribution in [2.45, 2.75) is 26.8 Å². The zero-order valence-electron chi connectivity index (χ0n) is 16.7. The van der Waals surface area contributed by atoms with Gasteiger partial charge >= 0.3 is 5.97 Å². The largest absolute Gasteiger partial charge is 0.465 e. The number of hydrogen-bond acceptors (Lipinski definition) is 6. The van der Waals surface area contributed by atoms with E-state index in [1.54, 1.807) is 11.6 Å². The van der Waals surface area contributed by atoms with Crippen LogP contribution in [0.4, 0.5) is 5.95 Å². The molecule has 0 saturated heterocycles. The van der Waals surface area contributed by atoms with Crippen molar-refractivity contribution in [2.75, 3.05) is 12.4 Å². The van der Waals surface area contributed by atoms with Gasteiger partial charge in [0.25, 0.3) is 0 Å². The van der Waals surface area contributed by atoms with Gasteiger partial charge in [0.05, 0.1) is 31.3 Å². The third-order valence-corrected chi connectivity index (χ3v) is 4.98. The molecular formula is C20H20BrN5O4. The molecule has 0 spiro atoms.